The van der Waals surface area contributed by atoms with Crippen LogP contribution in [0.4, 0.5) is 0 Å². The number of hydrogen-bond acceptors (Lipinski definition) is 1. The van der Waals surface area contributed by atoms with E-state index >= 15 is 0 Å². The summed E-state index contributed by atoms with van der Waals surface area (Å²) in [5.41, 5.74) is 7.53. The minimum atomic E-state index is 1.20. The van der Waals surface area contributed by atoms with E-state index in [9.17, 15) is 0 Å². The summed E-state index contributed by atoms with van der Waals surface area (Å²) in [6, 6.07) is 39.8. The molecule has 33 heavy (non-hydrogen) atoms. The molecule has 0 bridgehead atoms. The zero-order valence-corrected chi connectivity index (χ0v) is 18.5. The van der Waals surface area contributed by atoms with Crippen LogP contribution in [0.25, 0.3) is 55.0 Å². The van der Waals surface area contributed by atoms with Crippen LogP contribution in [0.2, 0.25) is 0 Å². The SMILES string of the molecule is c1ccc2c(c1)Sc1cccc3c4cc(-n5c6ccccc6c6ccccc65)ccc4n-2c13. The molecule has 8 rings (SSSR count). The van der Waals surface area contributed by atoms with Gasteiger partial charge in [0, 0.05) is 37.0 Å². The van der Waals surface area contributed by atoms with Crippen molar-refractivity contribution in [1.29, 1.82) is 0 Å². The van der Waals surface area contributed by atoms with Gasteiger partial charge in [-0.05, 0) is 48.5 Å². The van der Waals surface area contributed by atoms with Crippen molar-refractivity contribution in [3.05, 3.63) is 109 Å². The highest BCUT2D eigenvalue weighted by Gasteiger charge is 2.23. The molecule has 0 saturated heterocycles. The van der Waals surface area contributed by atoms with E-state index in [1.807, 2.05) is 11.8 Å². The number of aromatic nitrogens is 2. The van der Waals surface area contributed by atoms with E-state index in [1.54, 1.807) is 0 Å². The van der Waals surface area contributed by atoms with E-state index in [1.165, 1.54) is 64.8 Å². The molecular formula is C30H18N2S. The lowest BCUT2D eigenvalue weighted by Crippen LogP contribution is -2.01. The molecule has 0 unspecified atom stereocenters. The van der Waals surface area contributed by atoms with Gasteiger partial charge in [0.05, 0.1) is 27.8 Å². The predicted octanol–water partition coefficient (Wildman–Crippen LogP) is 8.35. The van der Waals surface area contributed by atoms with Gasteiger partial charge >= 0.3 is 0 Å². The average Bonchev–Trinajstić information content (AvgIpc) is 3.38. The van der Waals surface area contributed by atoms with Gasteiger partial charge in [-0.1, -0.05) is 72.4 Å². The fraction of sp³-hybridized carbons (Fsp3) is 0. The maximum absolute atomic E-state index is 2.45. The number of hydrogen-bond donors (Lipinski definition) is 0. The molecule has 1 aliphatic heterocycles. The monoisotopic (exact) mass is 438 g/mol. The summed E-state index contributed by atoms with van der Waals surface area (Å²) in [6.07, 6.45) is 0. The van der Waals surface area contributed by atoms with Gasteiger partial charge in [-0.3, -0.25) is 0 Å². The van der Waals surface area contributed by atoms with Crippen LogP contribution in [0.5, 0.6) is 0 Å². The molecule has 154 valence electrons. The van der Waals surface area contributed by atoms with Gasteiger partial charge in [0.1, 0.15) is 0 Å². The molecular weight excluding hydrogens is 420 g/mol. The summed E-state index contributed by atoms with van der Waals surface area (Å²) in [7, 11) is 0. The third kappa shape index (κ3) is 2.25. The zero-order chi connectivity index (χ0) is 21.5. The first-order chi connectivity index (χ1) is 16.4. The first-order valence-electron chi connectivity index (χ1n) is 11.2. The van der Waals surface area contributed by atoms with Gasteiger partial charge in [-0.25, -0.2) is 0 Å². The van der Waals surface area contributed by atoms with Crippen LogP contribution in [-0.2, 0) is 0 Å². The maximum Gasteiger partial charge on any atom is 0.0681 e. The molecule has 0 spiro atoms. The fourth-order valence-electron chi connectivity index (χ4n) is 5.54. The van der Waals surface area contributed by atoms with Crippen LogP contribution in [0.1, 0.15) is 0 Å². The van der Waals surface area contributed by atoms with E-state index in [2.05, 4.69) is 118 Å². The molecule has 2 nitrogen and oxygen atoms in total. The van der Waals surface area contributed by atoms with Crippen LogP contribution >= 0.6 is 11.8 Å². The topological polar surface area (TPSA) is 9.86 Å². The number of benzene rings is 5. The first kappa shape index (κ1) is 17.6. The molecule has 0 fully saturated rings. The second-order valence-electron chi connectivity index (χ2n) is 8.63. The van der Waals surface area contributed by atoms with E-state index in [0.717, 1.165) is 0 Å². The summed E-state index contributed by atoms with van der Waals surface area (Å²) in [5.74, 6) is 0. The lowest BCUT2D eigenvalue weighted by molar-refractivity contribution is 1.09. The van der Waals surface area contributed by atoms with Gasteiger partial charge in [-0.15, -0.1) is 0 Å². The van der Waals surface area contributed by atoms with Gasteiger partial charge in [0.15, 0.2) is 0 Å². The van der Waals surface area contributed by atoms with Crippen molar-refractivity contribution in [1.82, 2.24) is 9.13 Å². The lowest BCUT2D eigenvalue weighted by Gasteiger charge is -2.19. The van der Waals surface area contributed by atoms with Crippen molar-refractivity contribution < 1.29 is 0 Å². The first-order valence-corrected chi connectivity index (χ1v) is 12.0. The summed E-state index contributed by atoms with van der Waals surface area (Å²) >= 11 is 1.87. The second kappa shape index (κ2) is 6.31. The molecule has 1 aliphatic rings. The molecule has 5 aromatic carbocycles. The van der Waals surface area contributed by atoms with Gasteiger partial charge in [0.2, 0.25) is 0 Å². The van der Waals surface area contributed by atoms with E-state index < -0.39 is 0 Å². The van der Waals surface area contributed by atoms with Crippen LogP contribution in [0.15, 0.2) is 119 Å². The third-order valence-electron chi connectivity index (χ3n) is 6.90. The number of fused-ring (bicyclic) bond motifs is 8. The van der Waals surface area contributed by atoms with Gasteiger partial charge in [-0.2, -0.15) is 0 Å². The standard InChI is InChI=1S/C30H18N2S/c1-3-11-24-20(8-1)21-9-2-4-12-25(21)31(24)19-16-17-26-23(18-19)22-10-7-15-29-30(22)32(26)27-13-5-6-14-28(27)33-29/h1-18H. The molecule has 0 radical (unpaired) electrons. The molecule has 7 aromatic rings. The molecule has 3 heterocycles. The van der Waals surface area contributed by atoms with Crippen molar-refractivity contribution in [3.63, 3.8) is 0 Å². The highest BCUT2D eigenvalue weighted by Crippen LogP contribution is 2.47. The third-order valence-corrected chi connectivity index (χ3v) is 8.01. The smallest absolute Gasteiger partial charge is 0.0681 e. The Hall–Kier alpha value is -3.95. The molecule has 3 heteroatoms. The Labute approximate surface area is 194 Å². The van der Waals surface area contributed by atoms with Crippen molar-refractivity contribution in [2.45, 2.75) is 9.79 Å². The zero-order valence-electron chi connectivity index (χ0n) is 17.7. The molecule has 0 amide bonds. The Kier molecular flexibility index (Phi) is 3.36. The normalized spacial score (nSPS) is 12.7. The Bertz CT molecular complexity index is 1850. The van der Waals surface area contributed by atoms with Crippen LogP contribution in [0.3, 0.4) is 0 Å². The van der Waals surface area contributed by atoms with Crippen LogP contribution < -0.4 is 0 Å². The van der Waals surface area contributed by atoms with Crippen LogP contribution in [0, 0.1) is 0 Å². The molecule has 2 aromatic heterocycles. The Morgan fingerprint density at radius 1 is 0.455 bits per heavy atom. The number of para-hydroxylation sites is 4. The Morgan fingerprint density at radius 2 is 1.09 bits per heavy atom. The molecule has 0 atom stereocenters. The van der Waals surface area contributed by atoms with Gasteiger partial charge < -0.3 is 9.13 Å². The number of rotatable bonds is 1. The molecule has 0 N–H and O–H groups in total. The van der Waals surface area contributed by atoms with Crippen LogP contribution in [-0.4, -0.2) is 9.13 Å². The second-order valence-corrected chi connectivity index (χ2v) is 9.71. The summed E-state index contributed by atoms with van der Waals surface area (Å²) in [6.45, 7) is 0. The minimum absolute atomic E-state index is 1.20. The van der Waals surface area contributed by atoms with Crippen molar-refractivity contribution in [3.8, 4) is 11.4 Å². The summed E-state index contributed by atoms with van der Waals surface area (Å²) in [4.78, 5) is 2.63. The lowest BCUT2D eigenvalue weighted by atomic mass is 10.1. The van der Waals surface area contributed by atoms with Crippen molar-refractivity contribution in [2.24, 2.45) is 0 Å². The van der Waals surface area contributed by atoms with Gasteiger partial charge in [0.25, 0.3) is 0 Å². The average molecular weight is 439 g/mol. The highest BCUT2D eigenvalue weighted by atomic mass is 32.2. The van der Waals surface area contributed by atoms with E-state index in [-0.39, 0.29) is 0 Å². The highest BCUT2D eigenvalue weighted by molar-refractivity contribution is 7.99. The van der Waals surface area contributed by atoms with E-state index in [0.29, 0.717) is 0 Å². The largest absolute Gasteiger partial charge is 0.309 e. The summed E-state index contributed by atoms with van der Waals surface area (Å²) in [5, 5.41) is 5.19. The Balaban J connectivity index is 1.51. The molecule has 0 saturated carbocycles. The van der Waals surface area contributed by atoms with Crippen molar-refractivity contribution in [2.75, 3.05) is 0 Å². The number of nitrogens with zero attached hydrogens (tertiary/aromatic N) is 2. The van der Waals surface area contributed by atoms with Crippen molar-refractivity contribution >= 4 is 55.4 Å². The minimum Gasteiger partial charge on any atom is -0.309 e. The summed E-state index contributed by atoms with van der Waals surface area (Å²) < 4.78 is 4.85. The maximum atomic E-state index is 2.45. The van der Waals surface area contributed by atoms with E-state index in [4.69, 9.17) is 0 Å². The fourth-order valence-corrected chi connectivity index (χ4v) is 6.64. The predicted molar refractivity (Wildman–Crippen MR) is 139 cm³/mol. The quantitative estimate of drug-likeness (QED) is 0.250. The Morgan fingerprint density at radius 3 is 1.91 bits per heavy atom. The molecule has 0 aliphatic carbocycles.